The van der Waals surface area contributed by atoms with Crippen molar-refractivity contribution in [2.75, 3.05) is 0 Å². The van der Waals surface area contributed by atoms with Gasteiger partial charge in [-0.05, 0) is 11.8 Å². The summed E-state index contributed by atoms with van der Waals surface area (Å²) in [6, 6.07) is 0. The van der Waals surface area contributed by atoms with Gasteiger partial charge in [0, 0.05) is 0 Å². The van der Waals surface area contributed by atoms with Crippen LogP contribution in [-0.4, -0.2) is 14.7 Å². The van der Waals surface area contributed by atoms with Crippen LogP contribution in [-0.2, 0) is 7.05 Å². The molecule has 0 atom stereocenters. The van der Waals surface area contributed by atoms with E-state index in [4.69, 9.17) is 0 Å². The van der Waals surface area contributed by atoms with Crippen molar-refractivity contribution in [2.45, 2.75) is 6.92 Å². The molecule has 0 unspecified atom stereocenters. The average molecular weight is 141 g/mol. The van der Waals surface area contributed by atoms with Gasteiger partial charge in [-0.2, -0.15) is 0 Å². The van der Waals surface area contributed by atoms with Crippen LogP contribution < -0.4 is 0 Å². The van der Waals surface area contributed by atoms with Crippen LogP contribution in [0.15, 0.2) is 6.20 Å². The van der Waals surface area contributed by atoms with E-state index in [9.17, 15) is 10.1 Å². The second-order valence-electron chi connectivity index (χ2n) is 2.03. The van der Waals surface area contributed by atoms with Gasteiger partial charge in [0.2, 0.25) is 0 Å². The van der Waals surface area contributed by atoms with Crippen molar-refractivity contribution < 1.29 is 4.92 Å². The van der Waals surface area contributed by atoms with Crippen LogP contribution in [0.3, 0.4) is 0 Å². The fourth-order valence-corrected chi connectivity index (χ4v) is 0.803. The van der Waals surface area contributed by atoms with E-state index in [0.717, 1.165) is 0 Å². The minimum Gasteiger partial charge on any atom is -0.358 e. The summed E-state index contributed by atoms with van der Waals surface area (Å²) in [5, 5.41) is 14.0. The SMILES string of the molecule is Cc1cnn(C)c1[N+](=O)[O-]. The topological polar surface area (TPSA) is 61.0 Å². The molecule has 0 aliphatic rings. The van der Waals surface area contributed by atoms with Gasteiger partial charge in [-0.15, -0.1) is 4.68 Å². The van der Waals surface area contributed by atoms with Gasteiger partial charge < -0.3 is 10.1 Å². The standard InChI is InChI=1S/C5H7N3O2/c1-4-3-6-7(2)5(4)8(9)10/h3H,1-2H3. The van der Waals surface area contributed by atoms with Crippen molar-refractivity contribution in [1.82, 2.24) is 9.78 Å². The second-order valence-corrected chi connectivity index (χ2v) is 2.03. The van der Waals surface area contributed by atoms with Crippen molar-refractivity contribution in [1.29, 1.82) is 0 Å². The van der Waals surface area contributed by atoms with Crippen molar-refractivity contribution >= 4 is 5.82 Å². The lowest BCUT2D eigenvalue weighted by Gasteiger charge is -1.92. The molecule has 0 amide bonds. The molecule has 0 radical (unpaired) electrons. The van der Waals surface area contributed by atoms with Crippen LogP contribution in [0.2, 0.25) is 0 Å². The Bertz CT molecular complexity index is 246. The first-order valence-corrected chi connectivity index (χ1v) is 2.76. The smallest absolute Gasteiger partial charge is 0.347 e. The molecule has 0 aromatic carbocycles. The maximum atomic E-state index is 10.2. The third-order valence-electron chi connectivity index (χ3n) is 1.26. The summed E-state index contributed by atoms with van der Waals surface area (Å²) in [5.41, 5.74) is 0.590. The maximum Gasteiger partial charge on any atom is 0.347 e. The van der Waals surface area contributed by atoms with Crippen molar-refractivity contribution in [3.8, 4) is 0 Å². The quantitative estimate of drug-likeness (QED) is 0.425. The van der Waals surface area contributed by atoms with Gasteiger partial charge in [-0.1, -0.05) is 5.10 Å². The minimum absolute atomic E-state index is 0.0556. The first-order valence-electron chi connectivity index (χ1n) is 2.76. The molecule has 1 heterocycles. The van der Waals surface area contributed by atoms with Crippen molar-refractivity contribution in [2.24, 2.45) is 7.05 Å². The molecular formula is C5H7N3O2. The van der Waals surface area contributed by atoms with Crippen molar-refractivity contribution in [3.63, 3.8) is 0 Å². The van der Waals surface area contributed by atoms with Gasteiger partial charge in [-0.3, -0.25) is 0 Å². The van der Waals surface area contributed by atoms with E-state index >= 15 is 0 Å². The van der Waals surface area contributed by atoms with Gasteiger partial charge >= 0.3 is 5.82 Å². The molecule has 1 aromatic rings. The first-order chi connectivity index (χ1) is 4.63. The second kappa shape index (κ2) is 2.09. The predicted molar refractivity (Wildman–Crippen MR) is 34.6 cm³/mol. The predicted octanol–water partition coefficient (Wildman–Crippen LogP) is 0.637. The fraction of sp³-hybridized carbons (Fsp3) is 0.400. The molecule has 5 nitrogen and oxygen atoms in total. The Morgan fingerprint density at radius 2 is 2.40 bits per heavy atom. The molecule has 0 spiro atoms. The molecule has 54 valence electrons. The van der Waals surface area contributed by atoms with Crippen LogP contribution >= 0.6 is 0 Å². The van der Waals surface area contributed by atoms with Crippen LogP contribution in [0.5, 0.6) is 0 Å². The molecule has 0 aliphatic heterocycles. The summed E-state index contributed by atoms with van der Waals surface area (Å²) < 4.78 is 1.25. The van der Waals surface area contributed by atoms with Gasteiger partial charge in [-0.25, -0.2) is 0 Å². The fourth-order valence-electron chi connectivity index (χ4n) is 0.803. The number of hydrogen-bond donors (Lipinski definition) is 0. The minimum atomic E-state index is -0.442. The largest absolute Gasteiger partial charge is 0.358 e. The van der Waals surface area contributed by atoms with Gasteiger partial charge in [0.05, 0.1) is 11.8 Å². The molecule has 0 saturated heterocycles. The Morgan fingerprint density at radius 3 is 2.60 bits per heavy atom. The van der Waals surface area contributed by atoms with E-state index in [2.05, 4.69) is 5.10 Å². The van der Waals surface area contributed by atoms with E-state index in [1.165, 1.54) is 10.9 Å². The summed E-state index contributed by atoms with van der Waals surface area (Å²) in [6.07, 6.45) is 1.47. The highest BCUT2D eigenvalue weighted by molar-refractivity contribution is 5.28. The van der Waals surface area contributed by atoms with Crippen LogP contribution in [0.4, 0.5) is 5.82 Å². The lowest BCUT2D eigenvalue weighted by Crippen LogP contribution is -1.98. The van der Waals surface area contributed by atoms with Crippen LogP contribution in [0.25, 0.3) is 0 Å². The van der Waals surface area contributed by atoms with E-state index in [-0.39, 0.29) is 5.82 Å². The third kappa shape index (κ3) is 0.854. The Hall–Kier alpha value is -1.39. The summed E-state index contributed by atoms with van der Waals surface area (Å²) in [5.74, 6) is 0.0556. The Labute approximate surface area is 57.4 Å². The van der Waals surface area contributed by atoms with E-state index in [1.807, 2.05) is 0 Å². The van der Waals surface area contributed by atoms with Gasteiger partial charge in [0.25, 0.3) is 0 Å². The molecule has 0 fully saturated rings. The monoisotopic (exact) mass is 141 g/mol. The number of hydrogen-bond acceptors (Lipinski definition) is 3. The highest BCUT2D eigenvalue weighted by atomic mass is 16.6. The van der Waals surface area contributed by atoms with E-state index in [1.54, 1.807) is 14.0 Å². The third-order valence-corrected chi connectivity index (χ3v) is 1.26. The van der Waals surface area contributed by atoms with Gasteiger partial charge in [0.1, 0.15) is 7.05 Å². The highest BCUT2D eigenvalue weighted by Crippen LogP contribution is 2.13. The molecule has 5 heteroatoms. The van der Waals surface area contributed by atoms with E-state index < -0.39 is 4.92 Å². The van der Waals surface area contributed by atoms with Crippen LogP contribution in [0, 0.1) is 17.0 Å². The number of nitrogens with zero attached hydrogens (tertiary/aromatic N) is 3. The zero-order valence-electron chi connectivity index (χ0n) is 5.74. The lowest BCUT2D eigenvalue weighted by molar-refractivity contribution is -0.392. The summed E-state index contributed by atoms with van der Waals surface area (Å²) in [7, 11) is 1.55. The zero-order valence-corrected chi connectivity index (χ0v) is 5.74. The van der Waals surface area contributed by atoms with Crippen LogP contribution in [0.1, 0.15) is 5.56 Å². The number of aromatic nitrogens is 2. The summed E-state index contributed by atoms with van der Waals surface area (Å²) >= 11 is 0. The molecular weight excluding hydrogens is 134 g/mol. The Kier molecular flexibility index (Phi) is 1.41. The molecule has 1 aromatic heterocycles. The van der Waals surface area contributed by atoms with E-state index in [0.29, 0.717) is 5.56 Å². The molecule has 10 heavy (non-hydrogen) atoms. The average Bonchev–Trinajstić information content (AvgIpc) is 2.11. The molecule has 1 rings (SSSR count). The molecule has 0 aliphatic carbocycles. The molecule has 0 bridgehead atoms. The Morgan fingerprint density at radius 1 is 1.80 bits per heavy atom. The highest BCUT2D eigenvalue weighted by Gasteiger charge is 2.13. The molecule has 0 saturated carbocycles. The maximum absolute atomic E-state index is 10.2. The number of aryl methyl sites for hydroxylation is 2. The number of nitro groups is 1. The molecule has 0 N–H and O–H groups in total. The zero-order chi connectivity index (χ0) is 7.72. The first kappa shape index (κ1) is 6.73. The van der Waals surface area contributed by atoms with Gasteiger partial charge in [0.15, 0.2) is 0 Å². The Balaban J connectivity index is 3.23. The van der Waals surface area contributed by atoms with Crippen molar-refractivity contribution in [3.05, 3.63) is 21.9 Å². The number of rotatable bonds is 1. The lowest BCUT2D eigenvalue weighted by atomic mass is 10.4. The summed E-state index contributed by atoms with van der Waals surface area (Å²) in [6.45, 7) is 1.66. The summed E-state index contributed by atoms with van der Waals surface area (Å²) in [4.78, 5) is 9.81. The normalized spacial score (nSPS) is 9.80.